The molecule has 0 heterocycles. The van der Waals surface area contributed by atoms with Gasteiger partial charge in [-0.25, -0.2) is 4.39 Å². The van der Waals surface area contributed by atoms with Crippen LogP contribution in [0.3, 0.4) is 0 Å². The van der Waals surface area contributed by atoms with Gasteiger partial charge >= 0.3 is 5.69 Å². The number of nitrogens with two attached hydrogens (primary N) is 1. The Bertz CT molecular complexity index is 677. The Labute approximate surface area is 119 Å². The maximum Gasteiger partial charge on any atom is 0.304 e. The van der Waals surface area contributed by atoms with Gasteiger partial charge in [0, 0.05) is 18.2 Å². The summed E-state index contributed by atoms with van der Waals surface area (Å²) in [6.45, 7) is -0.0233. The van der Waals surface area contributed by atoms with Gasteiger partial charge in [0.15, 0.2) is 11.6 Å². The van der Waals surface area contributed by atoms with Crippen LogP contribution < -0.4 is 10.5 Å². The zero-order valence-corrected chi connectivity index (χ0v) is 10.9. The van der Waals surface area contributed by atoms with Crippen molar-refractivity contribution in [2.75, 3.05) is 0 Å². The van der Waals surface area contributed by atoms with E-state index >= 15 is 0 Å². The van der Waals surface area contributed by atoms with Crippen molar-refractivity contribution in [1.29, 1.82) is 0 Å². The van der Waals surface area contributed by atoms with E-state index < -0.39 is 22.2 Å². The van der Waals surface area contributed by atoms with Crippen molar-refractivity contribution < 1.29 is 18.4 Å². The van der Waals surface area contributed by atoms with Crippen LogP contribution in [0.4, 0.5) is 14.5 Å². The Hall–Kier alpha value is -2.54. The topological polar surface area (TPSA) is 78.4 Å². The number of hydrogen-bond acceptors (Lipinski definition) is 4. The average molecular weight is 294 g/mol. The molecular formula is C14H12F2N2O3. The molecule has 0 saturated carbocycles. The van der Waals surface area contributed by atoms with Gasteiger partial charge in [-0.05, 0) is 23.8 Å². The van der Waals surface area contributed by atoms with Crippen LogP contribution in [0.1, 0.15) is 11.1 Å². The monoisotopic (exact) mass is 294 g/mol. The van der Waals surface area contributed by atoms with Gasteiger partial charge in [-0.3, -0.25) is 10.1 Å². The number of benzene rings is 2. The summed E-state index contributed by atoms with van der Waals surface area (Å²) in [7, 11) is 0. The predicted octanol–water partition coefficient (Wildman–Crippen LogP) is 2.91. The molecule has 0 saturated heterocycles. The molecule has 5 nitrogen and oxygen atoms in total. The van der Waals surface area contributed by atoms with E-state index in [9.17, 15) is 18.9 Å². The molecule has 0 fully saturated rings. The standard InChI is InChI=1S/C14H12F2N2O3/c15-11-3-1-2-10(7-17)14(11)21-8-9-4-5-13(18(19)20)12(16)6-9/h1-6H,7-8,17H2. The van der Waals surface area contributed by atoms with Crippen molar-refractivity contribution in [2.24, 2.45) is 5.73 Å². The SMILES string of the molecule is NCc1cccc(F)c1OCc1ccc([N+](=O)[O-])c(F)c1. The highest BCUT2D eigenvalue weighted by molar-refractivity contribution is 5.37. The molecule has 7 heteroatoms. The summed E-state index contributed by atoms with van der Waals surface area (Å²) in [5, 5.41) is 10.5. The van der Waals surface area contributed by atoms with Crippen molar-refractivity contribution in [3.05, 3.63) is 69.3 Å². The first-order valence-corrected chi connectivity index (χ1v) is 6.06. The maximum absolute atomic E-state index is 13.6. The first-order valence-electron chi connectivity index (χ1n) is 6.06. The van der Waals surface area contributed by atoms with Crippen LogP contribution in [0.2, 0.25) is 0 Å². The number of halogens is 2. The minimum absolute atomic E-state index is 0.00115. The van der Waals surface area contributed by atoms with Crippen LogP contribution in [-0.2, 0) is 13.2 Å². The van der Waals surface area contributed by atoms with E-state index in [-0.39, 0.29) is 18.9 Å². The van der Waals surface area contributed by atoms with E-state index in [2.05, 4.69) is 0 Å². The van der Waals surface area contributed by atoms with Gasteiger partial charge in [0.25, 0.3) is 0 Å². The molecule has 2 aromatic rings. The highest BCUT2D eigenvalue weighted by atomic mass is 19.1. The minimum atomic E-state index is -0.964. The van der Waals surface area contributed by atoms with Gasteiger partial charge in [0.1, 0.15) is 6.61 Å². The summed E-state index contributed by atoms with van der Waals surface area (Å²) in [6, 6.07) is 7.74. The molecule has 0 radical (unpaired) electrons. The highest BCUT2D eigenvalue weighted by Crippen LogP contribution is 2.24. The number of ether oxygens (including phenoxy) is 1. The summed E-state index contributed by atoms with van der Waals surface area (Å²) in [4.78, 5) is 9.70. The predicted molar refractivity (Wildman–Crippen MR) is 71.7 cm³/mol. The lowest BCUT2D eigenvalue weighted by Gasteiger charge is -2.11. The molecule has 2 aromatic carbocycles. The van der Waals surface area contributed by atoms with E-state index in [1.807, 2.05) is 0 Å². The molecule has 2 N–H and O–H groups in total. The zero-order valence-electron chi connectivity index (χ0n) is 10.9. The largest absolute Gasteiger partial charge is 0.485 e. The van der Waals surface area contributed by atoms with E-state index in [1.54, 1.807) is 6.07 Å². The van der Waals surface area contributed by atoms with Gasteiger partial charge in [0.2, 0.25) is 5.82 Å². The molecule has 2 rings (SSSR count). The van der Waals surface area contributed by atoms with Crippen molar-refractivity contribution in [3.8, 4) is 5.75 Å². The molecular weight excluding hydrogens is 282 g/mol. The number of para-hydroxylation sites is 1. The molecule has 0 atom stereocenters. The normalized spacial score (nSPS) is 10.4. The van der Waals surface area contributed by atoms with Crippen molar-refractivity contribution >= 4 is 5.69 Å². The molecule has 21 heavy (non-hydrogen) atoms. The van der Waals surface area contributed by atoms with Crippen molar-refractivity contribution in [1.82, 2.24) is 0 Å². The van der Waals surface area contributed by atoms with Crippen molar-refractivity contribution in [3.63, 3.8) is 0 Å². The Kier molecular flexibility index (Phi) is 4.44. The lowest BCUT2D eigenvalue weighted by Crippen LogP contribution is -2.05. The number of nitro groups is 1. The van der Waals surface area contributed by atoms with Gasteiger partial charge in [-0.1, -0.05) is 12.1 Å². The van der Waals surface area contributed by atoms with E-state index in [0.717, 1.165) is 12.1 Å². The molecule has 0 aromatic heterocycles. The Balaban J connectivity index is 2.17. The second kappa shape index (κ2) is 6.27. The third-order valence-corrected chi connectivity index (χ3v) is 2.86. The molecule has 0 unspecified atom stereocenters. The average Bonchev–Trinajstić information content (AvgIpc) is 2.45. The molecule has 0 aliphatic carbocycles. The lowest BCUT2D eigenvalue weighted by molar-refractivity contribution is -0.387. The second-order valence-electron chi connectivity index (χ2n) is 4.26. The minimum Gasteiger partial charge on any atom is -0.485 e. The van der Waals surface area contributed by atoms with Crippen LogP contribution in [0.5, 0.6) is 5.75 Å². The molecule has 0 aliphatic heterocycles. The third kappa shape index (κ3) is 3.32. The van der Waals surface area contributed by atoms with Crippen LogP contribution in [0.25, 0.3) is 0 Å². The van der Waals surface area contributed by atoms with Gasteiger partial charge in [-0.15, -0.1) is 0 Å². The number of hydrogen-bond donors (Lipinski definition) is 1. The molecule has 0 aliphatic rings. The third-order valence-electron chi connectivity index (χ3n) is 2.86. The number of nitrogens with zero attached hydrogens (tertiary/aromatic N) is 1. The fourth-order valence-corrected chi connectivity index (χ4v) is 1.82. The fraction of sp³-hybridized carbons (Fsp3) is 0.143. The molecule has 0 bridgehead atoms. The first-order chi connectivity index (χ1) is 10.0. The number of nitro benzene ring substituents is 1. The molecule has 110 valence electrons. The Morgan fingerprint density at radius 2 is 1.95 bits per heavy atom. The summed E-state index contributed by atoms with van der Waals surface area (Å²) >= 11 is 0. The maximum atomic E-state index is 13.6. The number of rotatable bonds is 5. The van der Waals surface area contributed by atoms with Crippen LogP contribution >= 0.6 is 0 Å². The first kappa shape index (κ1) is 14.9. The summed E-state index contributed by atoms with van der Waals surface area (Å²) < 4.78 is 32.4. The van der Waals surface area contributed by atoms with Gasteiger partial charge in [0.05, 0.1) is 4.92 Å². The summed E-state index contributed by atoms with van der Waals surface area (Å²) in [5.74, 6) is -1.53. The Morgan fingerprint density at radius 1 is 1.19 bits per heavy atom. The van der Waals surface area contributed by atoms with Crippen LogP contribution in [0, 0.1) is 21.7 Å². The fourth-order valence-electron chi connectivity index (χ4n) is 1.82. The zero-order chi connectivity index (χ0) is 15.4. The van der Waals surface area contributed by atoms with Gasteiger partial charge < -0.3 is 10.5 Å². The van der Waals surface area contributed by atoms with E-state index in [1.165, 1.54) is 18.2 Å². The summed E-state index contributed by atoms with van der Waals surface area (Å²) in [5.41, 5.74) is 5.70. The van der Waals surface area contributed by atoms with Crippen molar-refractivity contribution in [2.45, 2.75) is 13.2 Å². The Morgan fingerprint density at radius 3 is 2.57 bits per heavy atom. The molecule has 0 amide bonds. The summed E-state index contributed by atoms with van der Waals surface area (Å²) in [6.07, 6.45) is 0. The van der Waals surface area contributed by atoms with E-state index in [4.69, 9.17) is 10.5 Å². The lowest BCUT2D eigenvalue weighted by atomic mass is 10.2. The highest BCUT2D eigenvalue weighted by Gasteiger charge is 2.15. The van der Waals surface area contributed by atoms with Gasteiger partial charge in [-0.2, -0.15) is 4.39 Å². The van der Waals surface area contributed by atoms with Crippen LogP contribution in [0.15, 0.2) is 36.4 Å². The second-order valence-corrected chi connectivity index (χ2v) is 4.26. The smallest absolute Gasteiger partial charge is 0.304 e. The van der Waals surface area contributed by atoms with E-state index in [0.29, 0.717) is 11.1 Å². The quantitative estimate of drug-likeness (QED) is 0.679. The van der Waals surface area contributed by atoms with Crippen LogP contribution in [-0.4, -0.2) is 4.92 Å². The molecule has 0 spiro atoms.